The summed E-state index contributed by atoms with van der Waals surface area (Å²) >= 11 is 0. The Morgan fingerprint density at radius 3 is 2.41 bits per heavy atom. The maximum absolute atomic E-state index is 13.1. The van der Waals surface area contributed by atoms with Crippen molar-refractivity contribution in [1.29, 1.82) is 0 Å². The number of para-hydroxylation sites is 2. The first kappa shape index (κ1) is 18.6. The molecule has 1 N–H and O–H groups in total. The highest BCUT2D eigenvalue weighted by Crippen LogP contribution is 2.39. The van der Waals surface area contributed by atoms with Gasteiger partial charge in [0.05, 0.1) is 17.3 Å². The second-order valence-electron chi connectivity index (χ2n) is 6.59. The standard InChI is InChI=1S/C23H19NO5/c25-18-12-10-17(11-13-18)23(27)29-15-22(26)24-19-8-4-5-9-21(19)28-14-20(24)16-6-2-1-3-7-16/h1-13,20,25H,14-15H2. The van der Waals surface area contributed by atoms with Crippen LogP contribution in [-0.4, -0.2) is 30.2 Å². The van der Waals surface area contributed by atoms with Crippen LogP contribution in [0, 0.1) is 0 Å². The zero-order valence-corrected chi connectivity index (χ0v) is 15.5. The summed E-state index contributed by atoms with van der Waals surface area (Å²) in [5.41, 5.74) is 1.83. The van der Waals surface area contributed by atoms with Crippen molar-refractivity contribution < 1.29 is 24.2 Å². The minimum atomic E-state index is -0.629. The highest BCUT2D eigenvalue weighted by atomic mass is 16.5. The molecule has 1 atom stereocenters. The number of rotatable bonds is 4. The van der Waals surface area contributed by atoms with E-state index in [1.54, 1.807) is 11.0 Å². The second-order valence-corrected chi connectivity index (χ2v) is 6.59. The van der Waals surface area contributed by atoms with Crippen molar-refractivity contribution in [2.24, 2.45) is 0 Å². The van der Waals surface area contributed by atoms with Gasteiger partial charge in [-0.3, -0.25) is 9.69 Å². The average molecular weight is 389 g/mol. The van der Waals surface area contributed by atoms with Crippen molar-refractivity contribution >= 4 is 17.6 Å². The van der Waals surface area contributed by atoms with E-state index in [4.69, 9.17) is 9.47 Å². The number of fused-ring (bicyclic) bond motifs is 1. The van der Waals surface area contributed by atoms with E-state index < -0.39 is 12.6 Å². The molecule has 6 nitrogen and oxygen atoms in total. The van der Waals surface area contributed by atoms with Gasteiger partial charge in [-0.2, -0.15) is 0 Å². The fourth-order valence-electron chi connectivity index (χ4n) is 3.30. The van der Waals surface area contributed by atoms with Crippen LogP contribution >= 0.6 is 0 Å². The molecule has 4 rings (SSSR count). The van der Waals surface area contributed by atoms with Gasteiger partial charge in [-0.15, -0.1) is 0 Å². The highest BCUT2D eigenvalue weighted by Gasteiger charge is 2.33. The minimum Gasteiger partial charge on any atom is -0.508 e. The summed E-state index contributed by atoms with van der Waals surface area (Å²) < 4.78 is 11.1. The number of carbonyl (C=O) groups is 2. The van der Waals surface area contributed by atoms with Crippen LogP contribution in [0.15, 0.2) is 78.9 Å². The molecule has 0 fully saturated rings. The molecular formula is C23H19NO5. The van der Waals surface area contributed by atoms with Gasteiger partial charge >= 0.3 is 5.97 Å². The molecule has 1 aliphatic rings. The van der Waals surface area contributed by atoms with Crippen molar-refractivity contribution in [3.63, 3.8) is 0 Å². The molecule has 3 aromatic carbocycles. The van der Waals surface area contributed by atoms with E-state index in [0.717, 1.165) is 5.56 Å². The summed E-state index contributed by atoms with van der Waals surface area (Å²) in [5, 5.41) is 9.33. The molecule has 0 saturated heterocycles. The summed E-state index contributed by atoms with van der Waals surface area (Å²) in [4.78, 5) is 27.0. The highest BCUT2D eigenvalue weighted by molar-refractivity contribution is 5.99. The second kappa shape index (κ2) is 8.06. The molecule has 1 heterocycles. The summed E-state index contributed by atoms with van der Waals surface area (Å²) in [6.07, 6.45) is 0. The molecule has 0 radical (unpaired) electrons. The maximum atomic E-state index is 13.1. The number of hydrogen-bond acceptors (Lipinski definition) is 5. The van der Waals surface area contributed by atoms with Crippen molar-refractivity contribution in [3.8, 4) is 11.5 Å². The molecule has 0 saturated carbocycles. The van der Waals surface area contributed by atoms with E-state index >= 15 is 0 Å². The molecule has 0 spiro atoms. The van der Waals surface area contributed by atoms with E-state index in [2.05, 4.69) is 0 Å². The lowest BCUT2D eigenvalue weighted by atomic mass is 10.0. The van der Waals surface area contributed by atoms with Crippen LogP contribution in [0.25, 0.3) is 0 Å². The van der Waals surface area contributed by atoms with Crippen molar-refractivity contribution in [2.45, 2.75) is 6.04 Å². The number of nitrogens with zero attached hydrogens (tertiary/aromatic N) is 1. The SMILES string of the molecule is O=C(OCC(=O)N1c2ccccc2OCC1c1ccccc1)c1ccc(O)cc1. The molecule has 1 amide bonds. The Labute approximate surface area is 167 Å². The van der Waals surface area contributed by atoms with E-state index in [1.807, 2.05) is 48.5 Å². The number of benzene rings is 3. The molecule has 29 heavy (non-hydrogen) atoms. The summed E-state index contributed by atoms with van der Waals surface area (Å²) in [5.74, 6) is -0.316. The molecule has 6 heteroatoms. The van der Waals surface area contributed by atoms with Crippen LogP contribution in [0.1, 0.15) is 22.0 Å². The van der Waals surface area contributed by atoms with E-state index in [-0.39, 0.29) is 23.3 Å². The number of anilines is 1. The lowest BCUT2D eigenvalue weighted by Gasteiger charge is -2.37. The Hall–Kier alpha value is -3.80. The van der Waals surface area contributed by atoms with Crippen molar-refractivity contribution in [2.75, 3.05) is 18.1 Å². The number of hydrogen-bond donors (Lipinski definition) is 1. The van der Waals surface area contributed by atoms with E-state index in [1.165, 1.54) is 24.3 Å². The number of phenolic OH excluding ortho intramolecular Hbond substituents is 1. The fraction of sp³-hybridized carbons (Fsp3) is 0.130. The van der Waals surface area contributed by atoms with Gasteiger partial charge in [-0.25, -0.2) is 4.79 Å². The summed E-state index contributed by atoms with van der Waals surface area (Å²) in [6, 6.07) is 22.2. The zero-order valence-electron chi connectivity index (χ0n) is 15.5. The molecule has 3 aromatic rings. The van der Waals surface area contributed by atoms with Crippen molar-refractivity contribution in [1.82, 2.24) is 0 Å². The molecule has 146 valence electrons. The third-order valence-corrected chi connectivity index (χ3v) is 4.72. The van der Waals surface area contributed by atoms with Gasteiger partial charge in [-0.05, 0) is 42.0 Å². The smallest absolute Gasteiger partial charge is 0.338 e. The lowest BCUT2D eigenvalue weighted by Crippen LogP contribution is -2.43. The minimum absolute atomic E-state index is 0.0493. The number of carbonyl (C=O) groups excluding carboxylic acids is 2. The number of phenols is 1. The molecular weight excluding hydrogens is 370 g/mol. The summed E-state index contributed by atoms with van der Waals surface area (Å²) in [6.45, 7) is -0.101. The summed E-state index contributed by atoms with van der Waals surface area (Å²) in [7, 11) is 0. The van der Waals surface area contributed by atoms with Crippen LogP contribution in [0.3, 0.4) is 0 Å². The largest absolute Gasteiger partial charge is 0.508 e. The normalized spacial score (nSPS) is 15.2. The molecule has 1 unspecified atom stereocenters. The Kier molecular flexibility index (Phi) is 5.16. The number of amides is 1. The zero-order chi connectivity index (χ0) is 20.2. The Morgan fingerprint density at radius 2 is 1.66 bits per heavy atom. The predicted molar refractivity (Wildman–Crippen MR) is 107 cm³/mol. The third-order valence-electron chi connectivity index (χ3n) is 4.72. The van der Waals surface area contributed by atoms with E-state index in [9.17, 15) is 14.7 Å². The van der Waals surface area contributed by atoms with Crippen LogP contribution in [0.4, 0.5) is 5.69 Å². The van der Waals surface area contributed by atoms with Crippen LogP contribution in [0.5, 0.6) is 11.5 Å². The van der Waals surface area contributed by atoms with Crippen LogP contribution < -0.4 is 9.64 Å². The first-order valence-electron chi connectivity index (χ1n) is 9.18. The first-order valence-corrected chi connectivity index (χ1v) is 9.18. The monoisotopic (exact) mass is 389 g/mol. The van der Waals surface area contributed by atoms with Gasteiger partial charge in [0.2, 0.25) is 0 Å². The Morgan fingerprint density at radius 1 is 0.966 bits per heavy atom. The lowest BCUT2D eigenvalue weighted by molar-refractivity contribution is -0.122. The average Bonchev–Trinajstić information content (AvgIpc) is 2.77. The van der Waals surface area contributed by atoms with Crippen LogP contribution in [0.2, 0.25) is 0 Å². The fourth-order valence-corrected chi connectivity index (χ4v) is 3.30. The molecule has 0 bridgehead atoms. The van der Waals surface area contributed by atoms with Gasteiger partial charge in [-0.1, -0.05) is 42.5 Å². The quantitative estimate of drug-likeness (QED) is 0.689. The molecule has 1 aliphatic heterocycles. The van der Waals surface area contributed by atoms with Crippen LogP contribution in [-0.2, 0) is 9.53 Å². The first-order chi connectivity index (χ1) is 14.1. The van der Waals surface area contributed by atoms with Crippen molar-refractivity contribution in [3.05, 3.63) is 90.0 Å². The van der Waals surface area contributed by atoms with Gasteiger partial charge in [0.25, 0.3) is 5.91 Å². The third kappa shape index (κ3) is 3.91. The number of esters is 1. The maximum Gasteiger partial charge on any atom is 0.338 e. The molecule has 0 aliphatic carbocycles. The Balaban J connectivity index is 1.56. The topological polar surface area (TPSA) is 76.1 Å². The molecule has 0 aromatic heterocycles. The van der Waals surface area contributed by atoms with Gasteiger partial charge < -0.3 is 14.6 Å². The van der Waals surface area contributed by atoms with Gasteiger partial charge in [0, 0.05) is 0 Å². The number of ether oxygens (including phenoxy) is 2. The Bertz CT molecular complexity index is 1020. The predicted octanol–water partition coefficient (Wildman–Crippen LogP) is 3.72. The number of aromatic hydroxyl groups is 1. The van der Waals surface area contributed by atoms with Gasteiger partial charge in [0.1, 0.15) is 18.1 Å². The van der Waals surface area contributed by atoms with E-state index in [0.29, 0.717) is 18.0 Å². The van der Waals surface area contributed by atoms with Gasteiger partial charge in [0.15, 0.2) is 6.61 Å².